The zero-order valence-electron chi connectivity index (χ0n) is 15.2. The maximum absolute atomic E-state index is 12.4. The van der Waals surface area contributed by atoms with Crippen LogP contribution in [-0.2, 0) is 14.3 Å². The summed E-state index contributed by atoms with van der Waals surface area (Å²) in [4.78, 5) is 43.0. The minimum atomic E-state index is -0.0463. The molecule has 0 N–H and O–H groups in total. The van der Waals surface area contributed by atoms with E-state index in [9.17, 15) is 14.4 Å². The van der Waals surface area contributed by atoms with E-state index in [-0.39, 0.29) is 30.4 Å². The van der Waals surface area contributed by atoms with Gasteiger partial charge in [-0.05, 0) is 12.1 Å². The molecule has 148 valence electrons. The van der Waals surface area contributed by atoms with Crippen LogP contribution in [0.4, 0.5) is 0 Å². The second-order valence-electron chi connectivity index (χ2n) is 6.68. The van der Waals surface area contributed by atoms with Gasteiger partial charge in [-0.15, -0.1) is 11.3 Å². The van der Waals surface area contributed by atoms with E-state index in [4.69, 9.17) is 16.3 Å². The molecule has 0 atom stereocenters. The molecular formula is C18H24ClN3O4S. The molecule has 2 aliphatic rings. The summed E-state index contributed by atoms with van der Waals surface area (Å²) in [5.74, 6) is 0.0680. The van der Waals surface area contributed by atoms with E-state index in [1.807, 2.05) is 4.90 Å². The van der Waals surface area contributed by atoms with E-state index in [2.05, 4.69) is 4.90 Å². The Bertz CT molecular complexity index is 682. The summed E-state index contributed by atoms with van der Waals surface area (Å²) in [6, 6.07) is 3.39. The number of carbonyl (C=O) groups is 3. The second-order valence-corrected chi connectivity index (χ2v) is 8.39. The molecule has 0 aliphatic carbocycles. The van der Waals surface area contributed by atoms with Crippen molar-refractivity contribution in [3.8, 4) is 0 Å². The number of ketones is 1. The Kier molecular flexibility index (Phi) is 7.23. The molecule has 2 fully saturated rings. The van der Waals surface area contributed by atoms with Gasteiger partial charge in [-0.3, -0.25) is 19.3 Å². The second kappa shape index (κ2) is 9.64. The zero-order valence-corrected chi connectivity index (χ0v) is 16.8. The monoisotopic (exact) mass is 413 g/mol. The number of thiophene rings is 1. The highest BCUT2D eigenvalue weighted by Gasteiger charge is 2.25. The van der Waals surface area contributed by atoms with Crippen LogP contribution < -0.4 is 0 Å². The minimum Gasteiger partial charge on any atom is -0.378 e. The first-order valence-electron chi connectivity index (χ1n) is 9.17. The summed E-state index contributed by atoms with van der Waals surface area (Å²) in [6.07, 6.45) is 0.409. The van der Waals surface area contributed by atoms with E-state index in [1.165, 1.54) is 11.3 Å². The number of hydrogen-bond acceptors (Lipinski definition) is 6. The highest BCUT2D eigenvalue weighted by molar-refractivity contribution is 7.18. The van der Waals surface area contributed by atoms with Crippen molar-refractivity contribution in [3.05, 3.63) is 21.3 Å². The van der Waals surface area contributed by atoms with Gasteiger partial charge in [0.25, 0.3) is 0 Å². The highest BCUT2D eigenvalue weighted by atomic mass is 35.5. The van der Waals surface area contributed by atoms with Crippen molar-refractivity contribution in [1.29, 1.82) is 0 Å². The lowest BCUT2D eigenvalue weighted by Crippen LogP contribution is -2.52. The Balaban J connectivity index is 1.37. The van der Waals surface area contributed by atoms with Crippen LogP contribution in [0.25, 0.3) is 0 Å². The summed E-state index contributed by atoms with van der Waals surface area (Å²) in [5, 5.41) is 0. The van der Waals surface area contributed by atoms with Crippen molar-refractivity contribution in [2.45, 2.75) is 12.8 Å². The summed E-state index contributed by atoms with van der Waals surface area (Å²) >= 11 is 7.08. The number of rotatable bonds is 6. The standard InChI is InChI=1S/C18H24ClN3O4S/c19-16-3-2-15(27-16)14(23)1-4-17(24)21-7-5-20(6-8-21)13-18(25)22-9-11-26-12-10-22/h2-3H,1,4-13H2. The van der Waals surface area contributed by atoms with Crippen LogP contribution in [0.3, 0.4) is 0 Å². The Morgan fingerprint density at radius 1 is 0.926 bits per heavy atom. The maximum atomic E-state index is 12.4. The van der Waals surface area contributed by atoms with Crippen molar-refractivity contribution in [2.75, 3.05) is 59.0 Å². The Hall–Kier alpha value is -1.48. The molecule has 0 spiro atoms. The number of ether oxygens (including phenoxy) is 1. The number of nitrogens with zero attached hydrogens (tertiary/aromatic N) is 3. The van der Waals surface area contributed by atoms with Crippen molar-refractivity contribution in [3.63, 3.8) is 0 Å². The van der Waals surface area contributed by atoms with Gasteiger partial charge in [-0.2, -0.15) is 0 Å². The molecule has 1 aromatic rings. The van der Waals surface area contributed by atoms with Gasteiger partial charge in [0.05, 0.1) is 29.0 Å². The molecule has 0 saturated carbocycles. The molecule has 9 heteroatoms. The van der Waals surface area contributed by atoms with Crippen molar-refractivity contribution >= 4 is 40.5 Å². The largest absolute Gasteiger partial charge is 0.378 e. The van der Waals surface area contributed by atoms with Crippen LogP contribution in [0.5, 0.6) is 0 Å². The number of halogens is 1. The van der Waals surface area contributed by atoms with Crippen molar-refractivity contribution in [2.24, 2.45) is 0 Å². The molecule has 3 heterocycles. The van der Waals surface area contributed by atoms with Crippen LogP contribution >= 0.6 is 22.9 Å². The van der Waals surface area contributed by atoms with Gasteiger partial charge in [-0.25, -0.2) is 0 Å². The molecule has 3 rings (SSSR count). The highest BCUT2D eigenvalue weighted by Crippen LogP contribution is 2.23. The lowest BCUT2D eigenvalue weighted by Gasteiger charge is -2.36. The number of carbonyl (C=O) groups excluding carboxylic acids is 3. The van der Waals surface area contributed by atoms with Crippen LogP contribution in [0, 0.1) is 0 Å². The van der Waals surface area contributed by atoms with E-state index in [0.29, 0.717) is 68.2 Å². The summed E-state index contributed by atoms with van der Waals surface area (Å²) in [5.41, 5.74) is 0. The molecule has 2 aliphatic heterocycles. The van der Waals surface area contributed by atoms with Crippen LogP contribution in [0.2, 0.25) is 4.34 Å². The van der Waals surface area contributed by atoms with E-state index >= 15 is 0 Å². The number of Topliss-reactive ketones (excluding diaryl/α,β-unsaturated/α-hetero) is 1. The maximum Gasteiger partial charge on any atom is 0.236 e. The van der Waals surface area contributed by atoms with Crippen LogP contribution in [0.15, 0.2) is 12.1 Å². The average Bonchev–Trinajstić information content (AvgIpc) is 3.13. The van der Waals surface area contributed by atoms with Gasteiger partial charge >= 0.3 is 0 Å². The fourth-order valence-electron chi connectivity index (χ4n) is 3.23. The molecule has 0 aromatic carbocycles. The van der Waals surface area contributed by atoms with Gasteiger partial charge in [0, 0.05) is 52.1 Å². The van der Waals surface area contributed by atoms with E-state index in [1.54, 1.807) is 17.0 Å². The molecule has 27 heavy (non-hydrogen) atoms. The Morgan fingerprint density at radius 3 is 2.22 bits per heavy atom. The third-order valence-electron chi connectivity index (χ3n) is 4.86. The predicted octanol–water partition coefficient (Wildman–Crippen LogP) is 1.37. The fourth-order valence-corrected chi connectivity index (χ4v) is 4.24. The quantitative estimate of drug-likeness (QED) is 0.659. The number of amides is 2. The lowest BCUT2D eigenvalue weighted by atomic mass is 10.1. The smallest absolute Gasteiger partial charge is 0.236 e. The molecule has 2 amide bonds. The molecule has 0 bridgehead atoms. The Labute approximate surface area is 167 Å². The molecular weight excluding hydrogens is 390 g/mol. The summed E-state index contributed by atoms with van der Waals surface area (Å²) in [6.45, 7) is 5.44. The van der Waals surface area contributed by atoms with Gasteiger partial charge in [0.1, 0.15) is 0 Å². The van der Waals surface area contributed by atoms with Crippen molar-refractivity contribution < 1.29 is 19.1 Å². The molecule has 7 nitrogen and oxygen atoms in total. The predicted molar refractivity (Wildman–Crippen MR) is 103 cm³/mol. The lowest BCUT2D eigenvalue weighted by molar-refractivity contribution is -0.138. The molecule has 1 aromatic heterocycles. The minimum absolute atomic E-state index is 0.00911. The molecule has 2 saturated heterocycles. The molecule has 0 radical (unpaired) electrons. The zero-order chi connectivity index (χ0) is 19.2. The normalized spacial score (nSPS) is 18.6. The van der Waals surface area contributed by atoms with Gasteiger partial charge in [0.2, 0.25) is 11.8 Å². The summed E-state index contributed by atoms with van der Waals surface area (Å²) in [7, 11) is 0. The number of morpholine rings is 1. The fraction of sp³-hybridized carbons (Fsp3) is 0.611. The topological polar surface area (TPSA) is 70.2 Å². The third-order valence-corrected chi connectivity index (χ3v) is 6.13. The number of piperazine rings is 1. The first kappa shape index (κ1) is 20.3. The average molecular weight is 414 g/mol. The SMILES string of the molecule is O=C(CCC(=O)N1CCN(CC(=O)N2CCOCC2)CC1)c1ccc(Cl)s1. The van der Waals surface area contributed by atoms with Crippen molar-refractivity contribution in [1.82, 2.24) is 14.7 Å². The van der Waals surface area contributed by atoms with Crippen LogP contribution in [0.1, 0.15) is 22.5 Å². The molecule has 0 unspecified atom stereocenters. The van der Waals surface area contributed by atoms with E-state index in [0.717, 1.165) is 0 Å². The van der Waals surface area contributed by atoms with Gasteiger partial charge in [-0.1, -0.05) is 11.6 Å². The van der Waals surface area contributed by atoms with Gasteiger partial charge in [0.15, 0.2) is 5.78 Å². The van der Waals surface area contributed by atoms with Gasteiger partial charge < -0.3 is 14.5 Å². The summed E-state index contributed by atoms with van der Waals surface area (Å²) < 4.78 is 5.84. The Morgan fingerprint density at radius 2 is 1.59 bits per heavy atom. The number of hydrogen-bond donors (Lipinski definition) is 0. The first-order chi connectivity index (χ1) is 13.0. The first-order valence-corrected chi connectivity index (χ1v) is 10.4. The van der Waals surface area contributed by atoms with Crippen LogP contribution in [-0.4, -0.2) is 91.3 Å². The third kappa shape index (κ3) is 5.75. The van der Waals surface area contributed by atoms with E-state index < -0.39 is 0 Å².